The number of ether oxygens (including phenoxy) is 1. The maximum atomic E-state index is 11.3. The number of hydrogen-bond donors (Lipinski definition) is 1. The monoisotopic (exact) mass is 171 g/mol. The van der Waals surface area contributed by atoms with E-state index in [0.717, 1.165) is 5.06 Å². The number of nitrogens with zero attached hydrogens (tertiary/aromatic N) is 1. The number of hydrogen-bond acceptors (Lipinski definition) is 4. The van der Waals surface area contributed by atoms with Gasteiger partial charge in [-0.3, -0.25) is 0 Å². The van der Waals surface area contributed by atoms with Crippen LogP contribution < -0.4 is 0 Å². The normalized spacial score (nSPS) is 29.2. The predicted molar refractivity (Wildman–Crippen MR) is 42.7 cm³/mol. The van der Waals surface area contributed by atoms with E-state index >= 15 is 0 Å². The molecular formula is C8H13NO3. The van der Waals surface area contributed by atoms with Gasteiger partial charge in [-0.25, -0.2) is 4.79 Å². The molecule has 1 rings (SSSR count). The van der Waals surface area contributed by atoms with E-state index in [9.17, 15) is 10.0 Å². The molecule has 0 saturated carbocycles. The van der Waals surface area contributed by atoms with E-state index in [4.69, 9.17) is 4.74 Å². The fourth-order valence-corrected chi connectivity index (χ4v) is 1.11. The van der Waals surface area contributed by atoms with Gasteiger partial charge in [-0.05, 0) is 13.8 Å². The molecule has 1 heterocycles. The van der Waals surface area contributed by atoms with Crippen LogP contribution in [0.4, 0.5) is 0 Å². The van der Waals surface area contributed by atoms with Gasteiger partial charge in [-0.15, -0.1) is 0 Å². The first-order valence-electron chi connectivity index (χ1n) is 3.92. The van der Waals surface area contributed by atoms with Gasteiger partial charge in [-0.2, -0.15) is 5.06 Å². The Morgan fingerprint density at radius 1 is 1.83 bits per heavy atom. The van der Waals surface area contributed by atoms with E-state index in [1.165, 1.54) is 0 Å². The van der Waals surface area contributed by atoms with Crippen molar-refractivity contribution < 1.29 is 14.7 Å². The molecule has 0 spiro atoms. The van der Waals surface area contributed by atoms with E-state index < -0.39 is 11.5 Å². The summed E-state index contributed by atoms with van der Waals surface area (Å²) < 4.78 is 4.81. The molecule has 1 unspecified atom stereocenters. The molecule has 1 aliphatic rings. The molecule has 0 aromatic rings. The lowest BCUT2D eigenvalue weighted by Crippen LogP contribution is -2.47. The average molecular weight is 171 g/mol. The first-order chi connectivity index (χ1) is 5.61. The lowest BCUT2D eigenvalue weighted by Gasteiger charge is -2.26. The largest absolute Gasteiger partial charge is 0.464 e. The van der Waals surface area contributed by atoms with Gasteiger partial charge >= 0.3 is 5.97 Å². The molecule has 68 valence electrons. The molecule has 0 aliphatic carbocycles. The van der Waals surface area contributed by atoms with Gasteiger partial charge < -0.3 is 9.94 Å². The van der Waals surface area contributed by atoms with Crippen LogP contribution in [-0.4, -0.2) is 34.9 Å². The number of hydroxylamine groups is 2. The second-order valence-corrected chi connectivity index (χ2v) is 2.85. The predicted octanol–water partition coefficient (Wildman–Crippen LogP) is 0.569. The van der Waals surface area contributed by atoms with Crippen LogP contribution in [0.2, 0.25) is 0 Å². The third-order valence-corrected chi connectivity index (χ3v) is 1.95. The van der Waals surface area contributed by atoms with Crippen molar-refractivity contribution in [2.45, 2.75) is 19.4 Å². The number of carbonyl (C=O) groups is 1. The maximum absolute atomic E-state index is 11.3. The highest BCUT2D eigenvalue weighted by atomic mass is 16.6. The third kappa shape index (κ3) is 1.35. The van der Waals surface area contributed by atoms with Crippen LogP contribution in [-0.2, 0) is 9.53 Å². The molecule has 12 heavy (non-hydrogen) atoms. The molecule has 0 radical (unpaired) electrons. The summed E-state index contributed by atoms with van der Waals surface area (Å²) in [6, 6.07) is 0. The molecule has 1 atom stereocenters. The molecule has 0 aromatic heterocycles. The Morgan fingerprint density at radius 2 is 2.50 bits per heavy atom. The van der Waals surface area contributed by atoms with Crippen LogP contribution in [0, 0.1) is 0 Å². The maximum Gasteiger partial charge on any atom is 0.332 e. The second-order valence-electron chi connectivity index (χ2n) is 2.85. The number of rotatable bonds is 2. The van der Waals surface area contributed by atoms with Crippen LogP contribution in [0.25, 0.3) is 0 Å². The van der Waals surface area contributed by atoms with E-state index in [1.54, 1.807) is 26.0 Å². The van der Waals surface area contributed by atoms with Crippen molar-refractivity contribution in [3.8, 4) is 0 Å². The summed E-state index contributed by atoms with van der Waals surface area (Å²) in [5.74, 6) is -0.416. The van der Waals surface area contributed by atoms with Crippen LogP contribution in [0.15, 0.2) is 12.2 Å². The van der Waals surface area contributed by atoms with Gasteiger partial charge in [0.25, 0.3) is 0 Å². The fourth-order valence-electron chi connectivity index (χ4n) is 1.11. The summed E-state index contributed by atoms with van der Waals surface area (Å²) in [6.45, 7) is 4.06. The quantitative estimate of drug-likeness (QED) is 0.487. The molecule has 0 bridgehead atoms. The summed E-state index contributed by atoms with van der Waals surface area (Å²) in [4.78, 5) is 11.3. The standard InChI is InChI=1S/C8H13NO3/c1-3-12-7(10)8(2)5-4-6-9(8)11/h4-5,11H,3,6H2,1-2H3. The van der Waals surface area contributed by atoms with Gasteiger partial charge in [0, 0.05) is 6.54 Å². The van der Waals surface area contributed by atoms with Crippen molar-refractivity contribution in [2.75, 3.05) is 13.2 Å². The highest BCUT2D eigenvalue weighted by molar-refractivity contribution is 5.83. The lowest BCUT2D eigenvalue weighted by atomic mass is 10.1. The fraction of sp³-hybridized carbons (Fsp3) is 0.625. The first kappa shape index (κ1) is 9.22. The zero-order chi connectivity index (χ0) is 9.19. The summed E-state index contributed by atoms with van der Waals surface area (Å²) in [6.07, 6.45) is 3.38. The lowest BCUT2D eigenvalue weighted by molar-refractivity contribution is -0.180. The third-order valence-electron chi connectivity index (χ3n) is 1.95. The van der Waals surface area contributed by atoms with E-state index in [1.807, 2.05) is 0 Å². The molecule has 0 fully saturated rings. The minimum atomic E-state index is -0.990. The highest BCUT2D eigenvalue weighted by Gasteiger charge is 2.40. The van der Waals surface area contributed by atoms with E-state index in [0.29, 0.717) is 13.2 Å². The van der Waals surface area contributed by atoms with Crippen molar-refractivity contribution in [1.29, 1.82) is 0 Å². The average Bonchev–Trinajstić information content (AvgIpc) is 2.34. The zero-order valence-electron chi connectivity index (χ0n) is 7.28. The van der Waals surface area contributed by atoms with Crippen molar-refractivity contribution >= 4 is 5.97 Å². The minimum absolute atomic E-state index is 0.329. The Kier molecular flexibility index (Phi) is 2.49. The van der Waals surface area contributed by atoms with Crippen LogP contribution in [0.1, 0.15) is 13.8 Å². The van der Waals surface area contributed by atoms with Crippen molar-refractivity contribution in [3.05, 3.63) is 12.2 Å². The Balaban J connectivity index is 2.70. The molecule has 4 nitrogen and oxygen atoms in total. The number of esters is 1. The van der Waals surface area contributed by atoms with Gasteiger partial charge in [0.1, 0.15) is 0 Å². The smallest absolute Gasteiger partial charge is 0.332 e. The summed E-state index contributed by atoms with van der Waals surface area (Å²) in [5.41, 5.74) is -0.990. The Labute approximate surface area is 71.4 Å². The Morgan fingerprint density at radius 3 is 2.92 bits per heavy atom. The molecule has 1 N–H and O–H groups in total. The topological polar surface area (TPSA) is 49.8 Å². The summed E-state index contributed by atoms with van der Waals surface area (Å²) in [5, 5.41) is 10.3. The summed E-state index contributed by atoms with van der Waals surface area (Å²) in [7, 11) is 0. The minimum Gasteiger partial charge on any atom is -0.464 e. The van der Waals surface area contributed by atoms with E-state index in [-0.39, 0.29) is 0 Å². The first-order valence-corrected chi connectivity index (χ1v) is 3.92. The van der Waals surface area contributed by atoms with E-state index in [2.05, 4.69) is 0 Å². The summed E-state index contributed by atoms with van der Waals surface area (Å²) >= 11 is 0. The molecular weight excluding hydrogens is 158 g/mol. The zero-order valence-corrected chi connectivity index (χ0v) is 7.28. The molecule has 0 aromatic carbocycles. The Hall–Kier alpha value is -0.870. The van der Waals surface area contributed by atoms with Crippen molar-refractivity contribution in [3.63, 3.8) is 0 Å². The van der Waals surface area contributed by atoms with Crippen molar-refractivity contribution in [2.24, 2.45) is 0 Å². The highest BCUT2D eigenvalue weighted by Crippen LogP contribution is 2.21. The van der Waals surface area contributed by atoms with Gasteiger partial charge in [-0.1, -0.05) is 12.2 Å². The second kappa shape index (κ2) is 3.25. The van der Waals surface area contributed by atoms with Gasteiger partial charge in [0.05, 0.1) is 6.61 Å². The SMILES string of the molecule is CCOC(=O)C1(C)C=CCN1O. The number of carbonyl (C=O) groups excluding carboxylic acids is 1. The van der Waals surface area contributed by atoms with Gasteiger partial charge in [0.2, 0.25) is 0 Å². The molecule has 0 amide bonds. The van der Waals surface area contributed by atoms with Crippen LogP contribution in [0.5, 0.6) is 0 Å². The molecule has 4 heteroatoms. The van der Waals surface area contributed by atoms with Crippen LogP contribution >= 0.6 is 0 Å². The Bertz CT molecular complexity index is 214. The van der Waals surface area contributed by atoms with Crippen molar-refractivity contribution in [1.82, 2.24) is 5.06 Å². The molecule has 1 aliphatic heterocycles. The van der Waals surface area contributed by atoms with Gasteiger partial charge in [0.15, 0.2) is 5.54 Å². The van der Waals surface area contributed by atoms with Crippen LogP contribution in [0.3, 0.4) is 0 Å². The molecule has 0 saturated heterocycles.